The minimum Gasteiger partial charge on any atom is -0.493 e. The first-order valence-corrected chi connectivity index (χ1v) is 5.85. The molecule has 2 rings (SSSR count). The molecule has 0 spiro atoms. The number of halogens is 1. The van der Waals surface area contributed by atoms with Crippen LogP contribution in [0.1, 0.15) is 15.9 Å². The molecular formula is C11H11IO3. The molecule has 0 aliphatic heterocycles. The van der Waals surface area contributed by atoms with E-state index in [9.17, 15) is 4.79 Å². The van der Waals surface area contributed by atoms with Crippen LogP contribution >= 0.6 is 22.6 Å². The summed E-state index contributed by atoms with van der Waals surface area (Å²) in [5, 5.41) is 0. The van der Waals surface area contributed by atoms with E-state index in [1.54, 1.807) is 20.3 Å². The Bertz CT molecular complexity index is 415. The Kier molecular flexibility index (Phi) is 2.86. The van der Waals surface area contributed by atoms with Crippen molar-refractivity contribution in [2.45, 2.75) is 10.3 Å². The van der Waals surface area contributed by atoms with Crippen molar-refractivity contribution in [1.29, 1.82) is 0 Å². The lowest BCUT2D eigenvalue weighted by Crippen LogP contribution is -2.05. The second-order valence-electron chi connectivity index (χ2n) is 3.40. The molecule has 15 heavy (non-hydrogen) atoms. The molecule has 1 aromatic carbocycles. The second kappa shape index (κ2) is 4.00. The van der Waals surface area contributed by atoms with Gasteiger partial charge in [-0.05, 0) is 24.1 Å². The number of ether oxygens (including phenoxy) is 2. The normalized spacial score (nSPS) is 18.9. The SMILES string of the molecule is COc1cc2c(cc1OC)C(=O)[C@H](I)C2. The van der Waals surface area contributed by atoms with Crippen molar-refractivity contribution in [1.82, 2.24) is 0 Å². The van der Waals surface area contributed by atoms with Gasteiger partial charge < -0.3 is 9.47 Å². The largest absolute Gasteiger partial charge is 0.493 e. The molecule has 4 heteroatoms. The minimum atomic E-state index is 0.0504. The van der Waals surface area contributed by atoms with Crippen LogP contribution in [0.4, 0.5) is 0 Å². The molecule has 0 aromatic heterocycles. The van der Waals surface area contributed by atoms with Crippen LogP contribution in [0.5, 0.6) is 11.5 Å². The van der Waals surface area contributed by atoms with Gasteiger partial charge in [0.15, 0.2) is 17.3 Å². The van der Waals surface area contributed by atoms with Crippen molar-refractivity contribution in [3.8, 4) is 11.5 Å². The molecule has 1 aromatic rings. The summed E-state index contributed by atoms with van der Waals surface area (Å²) < 4.78 is 10.4. The molecule has 0 fully saturated rings. The summed E-state index contributed by atoms with van der Waals surface area (Å²) in [6.07, 6.45) is 0.787. The van der Waals surface area contributed by atoms with Gasteiger partial charge in [0.05, 0.1) is 18.1 Å². The molecule has 0 unspecified atom stereocenters. The average Bonchev–Trinajstić information content (AvgIpc) is 2.53. The molecule has 1 aliphatic carbocycles. The van der Waals surface area contributed by atoms with Gasteiger partial charge in [-0.25, -0.2) is 0 Å². The van der Waals surface area contributed by atoms with E-state index in [1.807, 2.05) is 6.07 Å². The Balaban J connectivity index is 2.53. The van der Waals surface area contributed by atoms with E-state index in [4.69, 9.17) is 9.47 Å². The maximum absolute atomic E-state index is 11.8. The Hall–Kier alpha value is -0.780. The summed E-state index contributed by atoms with van der Waals surface area (Å²) in [5.41, 5.74) is 1.82. The molecule has 0 bridgehead atoms. The lowest BCUT2D eigenvalue weighted by Gasteiger charge is -2.09. The van der Waals surface area contributed by atoms with Crippen LogP contribution in [0.25, 0.3) is 0 Å². The Labute approximate surface area is 102 Å². The van der Waals surface area contributed by atoms with Crippen LogP contribution in [-0.2, 0) is 6.42 Å². The predicted octanol–water partition coefficient (Wildman–Crippen LogP) is 2.25. The van der Waals surface area contributed by atoms with Crippen molar-refractivity contribution < 1.29 is 14.3 Å². The first kappa shape index (κ1) is 10.7. The number of benzene rings is 1. The van der Waals surface area contributed by atoms with Crippen LogP contribution in [0, 0.1) is 0 Å². The van der Waals surface area contributed by atoms with Crippen molar-refractivity contribution in [2.24, 2.45) is 0 Å². The highest BCUT2D eigenvalue weighted by atomic mass is 127. The standard InChI is InChI=1S/C11H11IO3/c1-14-9-4-6-3-8(12)11(13)7(6)5-10(9)15-2/h4-5,8H,3H2,1-2H3/t8-/m1/s1. The first-order valence-electron chi connectivity index (χ1n) is 4.60. The third-order valence-electron chi connectivity index (χ3n) is 2.56. The van der Waals surface area contributed by atoms with E-state index in [0.29, 0.717) is 11.5 Å². The summed E-state index contributed by atoms with van der Waals surface area (Å²) in [6, 6.07) is 3.67. The van der Waals surface area contributed by atoms with Gasteiger partial charge >= 0.3 is 0 Å². The zero-order valence-electron chi connectivity index (χ0n) is 8.54. The fourth-order valence-corrected chi connectivity index (χ4v) is 2.58. The smallest absolute Gasteiger partial charge is 0.176 e. The number of fused-ring (bicyclic) bond motifs is 1. The van der Waals surface area contributed by atoms with Gasteiger partial charge in [-0.1, -0.05) is 22.6 Å². The van der Waals surface area contributed by atoms with Crippen molar-refractivity contribution >= 4 is 28.4 Å². The zero-order valence-corrected chi connectivity index (χ0v) is 10.7. The number of Topliss-reactive ketones (excluding diaryl/α,β-unsaturated/α-hetero) is 1. The van der Waals surface area contributed by atoms with E-state index in [1.165, 1.54) is 0 Å². The van der Waals surface area contributed by atoms with Crippen LogP contribution in [0.3, 0.4) is 0 Å². The summed E-state index contributed by atoms with van der Waals surface area (Å²) >= 11 is 2.17. The van der Waals surface area contributed by atoms with Crippen molar-refractivity contribution in [3.63, 3.8) is 0 Å². The Morgan fingerprint density at radius 1 is 1.27 bits per heavy atom. The van der Waals surface area contributed by atoms with Gasteiger partial charge in [-0.2, -0.15) is 0 Å². The van der Waals surface area contributed by atoms with E-state index in [2.05, 4.69) is 22.6 Å². The number of rotatable bonds is 2. The van der Waals surface area contributed by atoms with Gasteiger partial charge in [-0.15, -0.1) is 0 Å². The molecule has 0 saturated carbocycles. The average molecular weight is 318 g/mol. The molecule has 0 saturated heterocycles. The number of alkyl halides is 1. The topological polar surface area (TPSA) is 35.5 Å². The van der Waals surface area contributed by atoms with Gasteiger partial charge in [0, 0.05) is 5.56 Å². The highest BCUT2D eigenvalue weighted by Gasteiger charge is 2.29. The van der Waals surface area contributed by atoms with Gasteiger partial charge in [0.1, 0.15) is 0 Å². The Morgan fingerprint density at radius 3 is 2.47 bits per heavy atom. The van der Waals surface area contributed by atoms with Gasteiger partial charge in [0.25, 0.3) is 0 Å². The molecular weight excluding hydrogens is 307 g/mol. The maximum atomic E-state index is 11.8. The second-order valence-corrected chi connectivity index (χ2v) is 4.90. The van der Waals surface area contributed by atoms with Crippen LogP contribution < -0.4 is 9.47 Å². The van der Waals surface area contributed by atoms with Crippen LogP contribution in [0.2, 0.25) is 0 Å². The number of carbonyl (C=O) groups excluding carboxylic acids is 1. The number of hydrogen-bond acceptors (Lipinski definition) is 3. The quantitative estimate of drug-likeness (QED) is 0.620. The predicted molar refractivity (Wildman–Crippen MR) is 65.4 cm³/mol. The summed E-state index contributed by atoms with van der Waals surface area (Å²) in [4.78, 5) is 11.8. The lowest BCUT2D eigenvalue weighted by atomic mass is 10.1. The number of methoxy groups -OCH3 is 2. The summed E-state index contributed by atoms with van der Waals surface area (Å²) in [7, 11) is 3.17. The molecule has 1 aliphatic rings. The molecule has 0 radical (unpaired) electrons. The van der Waals surface area contributed by atoms with Crippen LogP contribution in [-0.4, -0.2) is 23.9 Å². The van der Waals surface area contributed by atoms with E-state index < -0.39 is 0 Å². The summed E-state index contributed by atoms with van der Waals surface area (Å²) in [5.74, 6) is 1.50. The van der Waals surface area contributed by atoms with E-state index in [-0.39, 0.29) is 9.71 Å². The highest BCUT2D eigenvalue weighted by molar-refractivity contribution is 14.1. The number of hydrogen-bond donors (Lipinski definition) is 0. The molecule has 0 N–H and O–H groups in total. The number of ketones is 1. The van der Waals surface area contributed by atoms with Crippen molar-refractivity contribution in [3.05, 3.63) is 23.3 Å². The van der Waals surface area contributed by atoms with Gasteiger partial charge in [-0.3, -0.25) is 4.79 Å². The highest BCUT2D eigenvalue weighted by Crippen LogP contribution is 2.36. The first-order chi connectivity index (χ1) is 7.17. The monoisotopic (exact) mass is 318 g/mol. The fraction of sp³-hybridized carbons (Fsp3) is 0.364. The minimum absolute atomic E-state index is 0.0504. The molecule has 80 valence electrons. The summed E-state index contributed by atoms with van der Waals surface area (Å²) in [6.45, 7) is 0. The molecule has 0 heterocycles. The molecule has 3 nitrogen and oxygen atoms in total. The third-order valence-corrected chi connectivity index (χ3v) is 3.56. The molecule has 1 atom stereocenters. The maximum Gasteiger partial charge on any atom is 0.176 e. The van der Waals surface area contributed by atoms with Crippen LogP contribution in [0.15, 0.2) is 12.1 Å². The van der Waals surface area contributed by atoms with Crippen molar-refractivity contribution in [2.75, 3.05) is 14.2 Å². The van der Waals surface area contributed by atoms with Gasteiger partial charge in [0.2, 0.25) is 0 Å². The lowest BCUT2D eigenvalue weighted by molar-refractivity contribution is 0.100. The van der Waals surface area contributed by atoms with E-state index in [0.717, 1.165) is 17.5 Å². The fourth-order valence-electron chi connectivity index (χ4n) is 1.77. The molecule has 0 amide bonds. The third kappa shape index (κ3) is 1.71. The van der Waals surface area contributed by atoms with E-state index >= 15 is 0 Å². The zero-order chi connectivity index (χ0) is 11.0. The number of carbonyl (C=O) groups is 1. The Morgan fingerprint density at radius 2 is 1.87 bits per heavy atom.